The van der Waals surface area contributed by atoms with Crippen LogP contribution in [0, 0.1) is 11.3 Å². The molecule has 0 spiro atoms. The Labute approximate surface area is 235 Å². The monoisotopic (exact) mass is 559 g/mol. The Kier molecular flexibility index (Phi) is 8.09. The Morgan fingerprint density at radius 3 is 2.66 bits per heavy atom. The summed E-state index contributed by atoms with van der Waals surface area (Å²) >= 11 is 14.4. The fourth-order valence-electron chi connectivity index (χ4n) is 4.45. The van der Waals surface area contributed by atoms with Gasteiger partial charge in [0.15, 0.2) is 0 Å². The predicted octanol–water partition coefficient (Wildman–Crippen LogP) is 8.39. The van der Waals surface area contributed by atoms with E-state index in [-0.39, 0.29) is 12.5 Å². The highest BCUT2D eigenvalue weighted by Crippen LogP contribution is 2.41. The molecule has 0 bridgehead atoms. The number of hydrogen-bond acceptors (Lipinski definition) is 5. The van der Waals surface area contributed by atoms with Crippen molar-refractivity contribution in [2.75, 3.05) is 5.32 Å². The Balaban J connectivity index is 1.48. The first-order chi connectivity index (χ1) is 18.5. The molecule has 5 rings (SSSR count). The number of fused-ring (bicyclic) bond motifs is 1. The van der Waals surface area contributed by atoms with Gasteiger partial charge in [-0.25, -0.2) is 4.99 Å². The number of nitrogens with zero attached hydrogens (tertiary/aromatic N) is 2. The lowest BCUT2D eigenvalue weighted by atomic mass is 9.95. The minimum atomic E-state index is -0.170. The van der Waals surface area contributed by atoms with Crippen LogP contribution in [-0.4, -0.2) is 12.1 Å². The lowest BCUT2D eigenvalue weighted by Gasteiger charge is -2.13. The molecule has 1 heterocycles. The molecular weight excluding hydrogens is 537 g/mol. The standard InChI is InChI=1S/C30H23Cl2N3O2S/c31-22-14-21(28(25(32)15-22)37-18-20-9-5-4-8-19(20)16-33)17-34-30-27(24-12-6-7-13-26(24)38-30)29(36)35-23-10-2-1-3-11-23/h1-5,8-11,14-15,17H,6-7,12-13,18H2,(H,35,36). The molecule has 1 aliphatic rings. The summed E-state index contributed by atoms with van der Waals surface area (Å²) in [6.07, 6.45) is 5.58. The summed E-state index contributed by atoms with van der Waals surface area (Å²) in [5, 5.41) is 13.8. The maximum Gasteiger partial charge on any atom is 0.259 e. The van der Waals surface area contributed by atoms with Gasteiger partial charge in [0.2, 0.25) is 0 Å². The lowest BCUT2D eigenvalue weighted by molar-refractivity contribution is 0.102. The number of rotatable bonds is 7. The summed E-state index contributed by atoms with van der Waals surface area (Å²) in [5.74, 6) is 0.237. The second-order valence-electron chi connectivity index (χ2n) is 8.83. The summed E-state index contributed by atoms with van der Waals surface area (Å²) in [7, 11) is 0. The van der Waals surface area contributed by atoms with Crippen molar-refractivity contribution in [2.45, 2.75) is 32.3 Å². The van der Waals surface area contributed by atoms with Crippen LogP contribution in [0.5, 0.6) is 5.75 Å². The first-order valence-electron chi connectivity index (χ1n) is 12.2. The van der Waals surface area contributed by atoms with E-state index in [1.807, 2.05) is 48.5 Å². The molecule has 4 aromatic rings. The SMILES string of the molecule is N#Cc1ccccc1COc1c(Cl)cc(Cl)cc1C=Nc1sc2c(c1C(=O)Nc1ccccc1)CCCC2. The number of thiophene rings is 1. The molecule has 0 atom stereocenters. The number of ether oxygens (including phenoxy) is 1. The van der Waals surface area contributed by atoms with Gasteiger partial charge in [-0.15, -0.1) is 11.3 Å². The van der Waals surface area contributed by atoms with Gasteiger partial charge in [0.25, 0.3) is 5.91 Å². The van der Waals surface area contributed by atoms with Gasteiger partial charge < -0.3 is 10.1 Å². The molecule has 0 saturated carbocycles. The van der Waals surface area contributed by atoms with Crippen molar-refractivity contribution in [1.82, 2.24) is 0 Å². The third-order valence-corrected chi connectivity index (χ3v) is 7.98. The second kappa shape index (κ2) is 11.8. The van der Waals surface area contributed by atoms with Crippen molar-refractivity contribution in [3.05, 3.63) is 109 Å². The van der Waals surface area contributed by atoms with Crippen molar-refractivity contribution in [2.24, 2.45) is 4.99 Å². The molecule has 38 heavy (non-hydrogen) atoms. The van der Waals surface area contributed by atoms with Crippen molar-refractivity contribution in [3.8, 4) is 11.8 Å². The zero-order chi connectivity index (χ0) is 26.5. The average molecular weight is 561 g/mol. The third-order valence-electron chi connectivity index (χ3n) is 6.28. The van der Waals surface area contributed by atoms with Crippen LogP contribution in [0.2, 0.25) is 10.0 Å². The first-order valence-corrected chi connectivity index (χ1v) is 13.8. The highest BCUT2D eigenvalue weighted by atomic mass is 35.5. The van der Waals surface area contributed by atoms with E-state index in [4.69, 9.17) is 32.9 Å². The first kappa shape index (κ1) is 26.0. The molecular formula is C30H23Cl2N3O2S. The predicted molar refractivity (Wildman–Crippen MR) is 155 cm³/mol. The van der Waals surface area contributed by atoms with Gasteiger partial charge in [0, 0.05) is 32.9 Å². The van der Waals surface area contributed by atoms with Crippen LogP contribution in [-0.2, 0) is 19.4 Å². The number of amides is 1. The molecule has 0 radical (unpaired) electrons. The Hall–Kier alpha value is -3.63. The Bertz CT molecular complexity index is 1560. The van der Waals surface area contributed by atoms with Crippen molar-refractivity contribution in [1.29, 1.82) is 5.26 Å². The highest BCUT2D eigenvalue weighted by molar-refractivity contribution is 7.16. The molecule has 3 aromatic carbocycles. The number of hydrogen-bond donors (Lipinski definition) is 1. The van der Waals surface area contributed by atoms with Crippen LogP contribution in [0.1, 0.15) is 50.3 Å². The van der Waals surface area contributed by atoms with Gasteiger partial charge in [-0.1, -0.05) is 59.6 Å². The van der Waals surface area contributed by atoms with Crippen LogP contribution in [0.3, 0.4) is 0 Å². The number of carbonyl (C=O) groups is 1. The highest BCUT2D eigenvalue weighted by Gasteiger charge is 2.25. The van der Waals surface area contributed by atoms with E-state index in [9.17, 15) is 10.1 Å². The number of carbonyl (C=O) groups excluding carboxylic acids is 1. The summed E-state index contributed by atoms with van der Waals surface area (Å²) in [5.41, 5.74) is 4.29. The number of anilines is 1. The molecule has 0 unspecified atom stereocenters. The molecule has 1 aliphatic carbocycles. The van der Waals surface area contributed by atoms with Crippen LogP contribution in [0.15, 0.2) is 71.7 Å². The van der Waals surface area contributed by atoms with E-state index in [1.54, 1.807) is 35.8 Å². The normalized spacial score (nSPS) is 12.7. The molecule has 8 heteroatoms. The summed E-state index contributed by atoms with van der Waals surface area (Å²) < 4.78 is 6.07. The number of aryl methyl sites for hydroxylation is 1. The van der Waals surface area contributed by atoms with Crippen LogP contribution in [0.25, 0.3) is 0 Å². The topological polar surface area (TPSA) is 74.5 Å². The fourth-order valence-corrected chi connectivity index (χ4v) is 6.25. The average Bonchev–Trinajstić information content (AvgIpc) is 3.30. The maximum atomic E-state index is 13.4. The summed E-state index contributed by atoms with van der Waals surface area (Å²) in [6, 6.07) is 22.2. The van der Waals surface area contributed by atoms with E-state index in [1.165, 1.54) is 4.88 Å². The molecule has 0 saturated heterocycles. The summed E-state index contributed by atoms with van der Waals surface area (Å²) in [4.78, 5) is 19.4. The van der Waals surface area contributed by atoms with Crippen LogP contribution >= 0.6 is 34.5 Å². The third kappa shape index (κ3) is 5.76. The molecule has 5 nitrogen and oxygen atoms in total. The zero-order valence-electron chi connectivity index (χ0n) is 20.3. The molecule has 190 valence electrons. The fraction of sp³-hybridized carbons (Fsp3) is 0.167. The Morgan fingerprint density at radius 1 is 1.08 bits per heavy atom. The second-order valence-corrected chi connectivity index (χ2v) is 10.8. The number of nitriles is 1. The van der Waals surface area contributed by atoms with Gasteiger partial charge >= 0.3 is 0 Å². The van der Waals surface area contributed by atoms with Crippen LogP contribution in [0.4, 0.5) is 10.7 Å². The number of benzene rings is 3. The molecule has 1 N–H and O–H groups in total. The minimum Gasteiger partial charge on any atom is -0.487 e. The number of aliphatic imine (C=N–C) groups is 1. The van der Waals surface area contributed by atoms with Crippen LogP contribution < -0.4 is 10.1 Å². The minimum absolute atomic E-state index is 0.157. The van der Waals surface area contributed by atoms with Gasteiger partial charge in [-0.05, 0) is 61.6 Å². The zero-order valence-corrected chi connectivity index (χ0v) is 22.7. The van der Waals surface area contributed by atoms with E-state index in [2.05, 4.69) is 11.4 Å². The van der Waals surface area contributed by atoms with E-state index in [0.717, 1.165) is 42.5 Å². The number of halogens is 2. The molecule has 1 aromatic heterocycles. The van der Waals surface area contributed by atoms with E-state index < -0.39 is 0 Å². The molecule has 1 amide bonds. The largest absolute Gasteiger partial charge is 0.487 e. The Morgan fingerprint density at radius 2 is 1.84 bits per heavy atom. The van der Waals surface area contributed by atoms with Gasteiger partial charge in [-0.2, -0.15) is 5.26 Å². The number of para-hydroxylation sites is 1. The number of nitrogens with one attached hydrogen (secondary N) is 1. The van der Waals surface area contributed by atoms with Gasteiger partial charge in [-0.3, -0.25) is 4.79 Å². The molecule has 0 aliphatic heterocycles. The van der Waals surface area contributed by atoms with E-state index in [0.29, 0.717) is 37.5 Å². The van der Waals surface area contributed by atoms with Crippen molar-refractivity contribution >= 4 is 57.3 Å². The van der Waals surface area contributed by atoms with Crippen molar-refractivity contribution in [3.63, 3.8) is 0 Å². The summed E-state index contributed by atoms with van der Waals surface area (Å²) in [6.45, 7) is 0.157. The quantitative estimate of drug-likeness (QED) is 0.231. The molecule has 0 fully saturated rings. The maximum absolute atomic E-state index is 13.4. The van der Waals surface area contributed by atoms with Gasteiger partial charge in [0.05, 0.1) is 22.2 Å². The smallest absolute Gasteiger partial charge is 0.259 e. The van der Waals surface area contributed by atoms with E-state index >= 15 is 0 Å². The lowest BCUT2D eigenvalue weighted by Crippen LogP contribution is -2.14. The van der Waals surface area contributed by atoms with Gasteiger partial charge in [0.1, 0.15) is 17.4 Å². The van der Waals surface area contributed by atoms with Crippen molar-refractivity contribution < 1.29 is 9.53 Å².